The van der Waals surface area contributed by atoms with E-state index in [1.807, 2.05) is 30.3 Å². The Morgan fingerprint density at radius 2 is 1.79 bits per heavy atom. The van der Waals surface area contributed by atoms with Gasteiger partial charge in [-0.25, -0.2) is 13.2 Å². The highest BCUT2D eigenvalue weighted by atomic mass is 35.5. The Morgan fingerprint density at radius 1 is 1.14 bits per heavy atom. The lowest BCUT2D eigenvalue weighted by Crippen LogP contribution is -2.37. The highest BCUT2D eigenvalue weighted by molar-refractivity contribution is 7.90. The summed E-state index contributed by atoms with van der Waals surface area (Å²) in [4.78, 5) is 24.3. The number of benzene rings is 2. The van der Waals surface area contributed by atoms with Crippen molar-refractivity contribution in [3.63, 3.8) is 0 Å². The number of carbonyl (C=O) groups excluding carboxylic acids is 2. The van der Waals surface area contributed by atoms with Gasteiger partial charge in [-0.2, -0.15) is 0 Å². The van der Waals surface area contributed by atoms with Gasteiger partial charge in [-0.3, -0.25) is 4.79 Å². The number of hydrogen-bond donors (Lipinski definition) is 2. The summed E-state index contributed by atoms with van der Waals surface area (Å²) < 4.78 is 28.7. The van der Waals surface area contributed by atoms with Crippen LogP contribution in [0.2, 0.25) is 0 Å². The minimum Gasteiger partial charge on any atom is -0.462 e. The molecule has 0 spiro atoms. The maximum atomic E-state index is 12.4. The molecule has 7 nitrogen and oxygen atoms in total. The van der Waals surface area contributed by atoms with Gasteiger partial charge in [0.25, 0.3) is 0 Å². The fraction of sp³-hybridized carbons (Fsp3) is 0.263. The maximum absolute atomic E-state index is 12.4. The Kier molecular flexibility index (Phi) is 8.62. The molecule has 0 radical (unpaired) electrons. The molecular weight excluding hydrogens is 404 g/mol. The van der Waals surface area contributed by atoms with Gasteiger partial charge < -0.3 is 15.8 Å². The van der Waals surface area contributed by atoms with Gasteiger partial charge in [0.2, 0.25) is 5.91 Å². The van der Waals surface area contributed by atoms with E-state index in [4.69, 9.17) is 10.5 Å². The molecular formula is C19H23ClN2O5S. The topological polar surface area (TPSA) is 116 Å². The van der Waals surface area contributed by atoms with Gasteiger partial charge in [0, 0.05) is 11.9 Å². The zero-order chi connectivity index (χ0) is 20.0. The Labute approximate surface area is 170 Å². The highest BCUT2D eigenvalue weighted by Crippen LogP contribution is 2.20. The van der Waals surface area contributed by atoms with Gasteiger partial charge >= 0.3 is 5.97 Å². The third kappa shape index (κ3) is 6.63. The van der Waals surface area contributed by atoms with Crippen LogP contribution < -0.4 is 11.1 Å². The maximum Gasteiger partial charge on any atom is 0.338 e. The van der Waals surface area contributed by atoms with Crippen LogP contribution >= 0.6 is 12.4 Å². The van der Waals surface area contributed by atoms with Gasteiger partial charge in [-0.15, -0.1) is 12.4 Å². The molecule has 0 aliphatic rings. The molecule has 0 saturated heterocycles. The zero-order valence-electron chi connectivity index (χ0n) is 15.5. The van der Waals surface area contributed by atoms with Gasteiger partial charge in [0.15, 0.2) is 9.84 Å². The summed E-state index contributed by atoms with van der Waals surface area (Å²) in [5, 5.41) is 2.58. The van der Waals surface area contributed by atoms with E-state index >= 15 is 0 Å². The molecule has 2 aromatic rings. The number of rotatable bonds is 7. The van der Waals surface area contributed by atoms with E-state index < -0.39 is 27.8 Å². The second kappa shape index (κ2) is 10.2. The predicted octanol–water partition coefficient (Wildman–Crippen LogP) is 2.20. The minimum atomic E-state index is -3.59. The van der Waals surface area contributed by atoms with E-state index in [0.29, 0.717) is 6.42 Å². The van der Waals surface area contributed by atoms with Crippen LogP contribution in [0.1, 0.15) is 22.8 Å². The number of nitrogens with two attached hydrogens (primary N) is 1. The van der Waals surface area contributed by atoms with Crippen LogP contribution in [0.5, 0.6) is 0 Å². The van der Waals surface area contributed by atoms with Crippen molar-refractivity contribution in [2.45, 2.75) is 24.3 Å². The van der Waals surface area contributed by atoms with Crippen molar-refractivity contribution in [2.75, 3.05) is 18.2 Å². The molecule has 0 aliphatic carbocycles. The van der Waals surface area contributed by atoms with Gasteiger partial charge in [0.05, 0.1) is 23.1 Å². The molecule has 0 fully saturated rings. The number of carbonyl (C=O) groups is 2. The summed E-state index contributed by atoms with van der Waals surface area (Å²) in [6, 6.07) is 12.3. The van der Waals surface area contributed by atoms with Crippen molar-refractivity contribution >= 4 is 39.8 Å². The Morgan fingerprint density at radius 3 is 2.36 bits per heavy atom. The Bertz CT molecular complexity index is 933. The molecule has 0 aliphatic heterocycles. The molecule has 0 saturated carbocycles. The molecule has 0 bridgehead atoms. The summed E-state index contributed by atoms with van der Waals surface area (Å²) in [7, 11) is -3.59. The molecule has 2 rings (SSSR count). The number of esters is 1. The van der Waals surface area contributed by atoms with E-state index in [1.165, 1.54) is 18.2 Å². The summed E-state index contributed by atoms with van der Waals surface area (Å²) in [5.74, 6) is -1.16. The summed E-state index contributed by atoms with van der Waals surface area (Å²) in [6.45, 7) is 1.79. The van der Waals surface area contributed by atoms with Crippen molar-refractivity contribution in [1.29, 1.82) is 0 Å². The number of nitrogens with one attached hydrogen (secondary N) is 1. The third-order valence-electron chi connectivity index (χ3n) is 3.75. The Hall–Kier alpha value is -2.42. The summed E-state index contributed by atoms with van der Waals surface area (Å²) in [5.41, 5.74) is 7.04. The fourth-order valence-corrected chi connectivity index (χ4v) is 3.10. The number of amides is 1. The van der Waals surface area contributed by atoms with Crippen molar-refractivity contribution in [1.82, 2.24) is 0 Å². The van der Waals surface area contributed by atoms with Gasteiger partial charge in [-0.1, -0.05) is 30.3 Å². The smallest absolute Gasteiger partial charge is 0.338 e. The predicted molar refractivity (Wildman–Crippen MR) is 110 cm³/mol. The minimum absolute atomic E-state index is 0. The molecule has 2 aromatic carbocycles. The molecule has 28 heavy (non-hydrogen) atoms. The molecule has 0 heterocycles. The van der Waals surface area contributed by atoms with Crippen molar-refractivity contribution in [2.24, 2.45) is 5.73 Å². The van der Waals surface area contributed by atoms with E-state index in [-0.39, 0.29) is 35.2 Å². The standard InChI is InChI=1S/C19H22N2O5S.ClH/c1-3-26-19(23)14-10-15(12-16(11-14)27(2,24)25)21-18(22)17(20)9-13-7-5-4-6-8-13;/h4-8,10-12,17H,3,9,20H2,1-2H3,(H,21,22);1H/t17-;/m0./s1. The summed E-state index contributed by atoms with van der Waals surface area (Å²) in [6.07, 6.45) is 1.34. The third-order valence-corrected chi connectivity index (χ3v) is 4.84. The van der Waals surface area contributed by atoms with Crippen LogP contribution in [-0.2, 0) is 25.8 Å². The normalized spacial score (nSPS) is 11.8. The lowest BCUT2D eigenvalue weighted by Gasteiger charge is -2.14. The van der Waals surface area contributed by atoms with Crippen molar-refractivity contribution in [3.8, 4) is 0 Å². The first-order chi connectivity index (χ1) is 12.7. The van der Waals surface area contributed by atoms with Crippen LogP contribution in [-0.4, -0.2) is 39.2 Å². The van der Waals surface area contributed by atoms with Crippen LogP contribution in [0.4, 0.5) is 5.69 Å². The SMILES string of the molecule is CCOC(=O)c1cc(NC(=O)[C@@H](N)Cc2ccccc2)cc(S(C)(=O)=O)c1.Cl. The molecule has 3 N–H and O–H groups in total. The quantitative estimate of drug-likeness (QED) is 0.655. The van der Waals surface area contributed by atoms with Gasteiger partial charge in [0.1, 0.15) is 0 Å². The van der Waals surface area contributed by atoms with E-state index in [0.717, 1.165) is 11.8 Å². The van der Waals surface area contributed by atoms with E-state index in [1.54, 1.807) is 6.92 Å². The van der Waals surface area contributed by atoms with Crippen LogP contribution in [0.3, 0.4) is 0 Å². The number of ether oxygens (including phenoxy) is 1. The number of sulfone groups is 1. The van der Waals surface area contributed by atoms with Crippen LogP contribution in [0.25, 0.3) is 0 Å². The first-order valence-corrected chi connectivity index (χ1v) is 10.2. The number of anilines is 1. The first-order valence-electron chi connectivity index (χ1n) is 8.33. The molecule has 0 aromatic heterocycles. The first kappa shape index (κ1) is 23.6. The van der Waals surface area contributed by atoms with Gasteiger partial charge in [-0.05, 0) is 37.1 Å². The van der Waals surface area contributed by atoms with Crippen molar-refractivity contribution < 1.29 is 22.7 Å². The summed E-state index contributed by atoms with van der Waals surface area (Å²) >= 11 is 0. The van der Waals surface area contributed by atoms with Crippen LogP contribution in [0, 0.1) is 0 Å². The van der Waals surface area contributed by atoms with Crippen LogP contribution in [0.15, 0.2) is 53.4 Å². The molecule has 1 atom stereocenters. The fourth-order valence-electron chi connectivity index (χ4n) is 2.41. The average molecular weight is 427 g/mol. The lowest BCUT2D eigenvalue weighted by atomic mass is 10.1. The lowest BCUT2D eigenvalue weighted by molar-refractivity contribution is -0.117. The second-order valence-corrected chi connectivity index (χ2v) is 8.04. The van der Waals surface area contributed by atoms with Crippen molar-refractivity contribution in [3.05, 3.63) is 59.7 Å². The molecule has 152 valence electrons. The molecule has 1 amide bonds. The van der Waals surface area contributed by atoms with E-state index in [2.05, 4.69) is 5.32 Å². The second-order valence-electron chi connectivity index (χ2n) is 6.02. The monoisotopic (exact) mass is 426 g/mol. The highest BCUT2D eigenvalue weighted by Gasteiger charge is 2.18. The number of halogens is 1. The molecule has 0 unspecified atom stereocenters. The average Bonchev–Trinajstić information content (AvgIpc) is 2.61. The largest absolute Gasteiger partial charge is 0.462 e. The number of hydrogen-bond acceptors (Lipinski definition) is 6. The zero-order valence-corrected chi connectivity index (χ0v) is 17.2. The van der Waals surface area contributed by atoms with E-state index in [9.17, 15) is 18.0 Å². The Balaban J connectivity index is 0.00000392. The molecule has 9 heteroatoms.